The van der Waals surface area contributed by atoms with Gasteiger partial charge in [0.15, 0.2) is 22.0 Å². The summed E-state index contributed by atoms with van der Waals surface area (Å²) in [7, 11) is 0. The van der Waals surface area contributed by atoms with Crippen LogP contribution < -0.4 is 10.3 Å². The van der Waals surface area contributed by atoms with Crippen molar-refractivity contribution in [1.29, 1.82) is 0 Å². The van der Waals surface area contributed by atoms with E-state index in [0.717, 1.165) is 16.7 Å². The third kappa shape index (κ3) is 4.25. The summed E-state index contributed by atoms with van der Waals surface area (Å²) in [6.07, 6.45) is 3.26. The molecule has 148 valence electrons. The molecular formula is C20H19N5O2S2. The van der Waals surface area contributed by atoms with Crippen molar-refractivity contribution in [3.05, 3.63) is 82.5 Å². The molecular weight excluding hydrogens is 406 g/mol. The van der Waals surface area contributed by atoms with Gasteiger partial charge >= 0.3 is 0 Å². The molecule has 0 saturated heterocycles. The molecule has 4 aromatic rings. The van der Waals surface area contributed by atoms with E-state index in [1.807, 2.05) is 47.2 Å². The molecule has 1 unspecified atom stereocenters. The van der Waals surface area contributed by atoms with Crippen LogP contribution in [0.25, 0.3) is 4.96 Å². The van der Waals surface area contributed by atoms with E-state index < -0.39 is 0 Å². The Hall–Kier alpha value is -2.91. The maximum absolute atomic E-state index is 12.2. The lowest BCUT2D eigenvalue weighted by atomic mass is 10.3. The van der Waals surface area contributed by atoms with Crippen LogP contribution in [0.1, 0.15) is 24.5 Å². The van der Waals surface area contributed by atoms with Gasteiger partial charge in [-0.25, -0.2) is 4.98 Å². The molecule has 1 atom stereocenters. The molecule has 0 amide bonds. The van der Waals surface area contributed by atoms with E-state index >= 15 is 0 Å². The second kappa shape index (κ2) is 8.62. The highest BCUT2D eigenvalue weighted by Crippen LogP contribution is 2.26. The zero-order valence-electron chi connectivity index (χ0n) is 15.8. The molecule has 7 nitrogen and oxygen atoms in total. The lowest BCUT2D eigenvalue weighted by molar-refractivity contribution is 0.210. The van der Waals surface area contributed by atoms with Crippen molar-refractivity contribution in [2.75, 3.05) is 0 Å². The average molecular weight is 426 g/mol. The maximum atomic E-state index is 12.2. The zero-order chi connectivity index (χ0) is 20.2. The molecule has 0 N–H and O–H groups in total. The number of hydrogen-bond acceptors (Lipinski definition) is 7. The summed E-state index contributed by atoms with van der Waals surface area (Å²) in [5.41, 5.74) is 0.635. The first kappa shape index (κ1) is 19.4. The van der Waals surface area contributed by atoms with Gasteiger partial charge in [0.05, 0.1) is 5.69 Å². The Morgan fingerprint density at radius 3 is 2.93 bits per heavy atom. The molecule has 1 aromatic carbocycles. The quantitative estimate of drug-likeness (QED) is 0.314. The molecule has 0 bridgehead atoms. The fraction of sp³-hybridized carbons (Fsp3) is 0.200. The molecule has 29 heavy (non-hydrogen) atoms. The van der Waals surface area contributed by atoms with E-state index in [0.29, 0.717) is 23.0 Å². The molecule has 0 saturated carbocycles. The van der Waals surface area contributed by atoms with Crippen LogP contribution in [-0.4, -0.2) is 24.1 Å². The van der Waals surface area contributed by atoms with Crippen LogP contribution in [0.15, 0.2) is 70.6 Å². The van der Waals surface area contributed by atoms with Crippen LogP contribution in [0.5, 0.6) is 5.75 Å². The molecule has 3 heterocycles. The summed E-state index contributed by atoms with van der Waals surface area (Å²) in [4.78, 5) is 17.4. The summed E-state index contributed by atoms with van der Waals surface area (Å²) >= 11 is 2.92. The topological polar surface area (TPSA) is 74.3 Å². The Morgan fingerprint density at radius 2 is 2.14 bits per heavy atom. The number of nitrogens with zero attached hydrogens (tertiary/aromatic N) is 5. The van der Waals surface area contributed by atoms with Crippen LogP contribution in [0, 0.1) is 0 Å². The van der Waals surface area contributed by atoms with E-state index in [1.54, 1.807) is 22.7 Å². The number of aromatic nitrogens is 5. The van der Waals surface area contributed by atoms with Gasteiger partial charge in [-0.1, -0.05) is 36.0 Å². The number of para-hydroxylation sites is 1. The summed E-state index contributed by atoms with van der Waals surface area (Å²) in [5.74, 6) is 2.02. The van der Waals surface area contributed by atoms with Gasteiger partial charge in [-0.2, -0.15) is 0 Å². The molecule has 0 aliphatic heterocycles. The fourth-order valence-electron chi connectivity index (χ4n) is 2.86. The number of benzene rings is 1. The SMILES string of the molecule is C=CCn1c(SCc2cc(=O)n3ccsc3n2)nnc1C(C)Oc1ccccc1. The smallest absolute Gasteiger partial charge is 0.258 e. The Labute approximate surface area is 175 Å². The van der Waals surface area contributed by atoms with Gasteiger partial charge in [-0.05, 0) is 19.1 Å². The molecule has 0 aliphatic carbocycles. The normalized spacial score (nSPS) is 12.2. The zero-order valence-corrected chi connectivity index (χ0v) is 17.4. The van der Waals surface area contributed by atoms with E-state index in [-0.39, 0.29) is 11.7 Å². The largest absolute Gasteiger partial charge is 0.483 e. The van der Waals surface area contributed by atoms with Crippen molar-refractivity contribution < 1.29 is 4.74 Å². The third-order valence-electron chi connectivity index (χ3n) is 4.18. The van der Waals surface area contributed by atoms with E-state index in [9.17, 15) is 4.79 Å². The van der Waals surface area contributed by atoms with Crippen molar-refractivity contribution in [3.63, 3.8) is 0 Å². The minimum Gasteiger partial charge on any atom is -0.483 e. The first-order valence-electron chi connectivity index (χ1n) is 9.00. The van der Waals surface area contributed by atoms with Gasteiger partial charge < -0.3 is 4.74 Å². The molecule has 0 aliphatic rings. The molecule has 9 heteroatoms. The Bertz CT molecular complexity index is 1180. The van der Waals surface area contributed by atoms with Crippen molar-refractivity contribution in [2.45, 2.75) is 30.5 Å². The minimum absolute atomic E-state index is 0.0787. The van der Waals surface area contributed by atoms with Crippen molar-refractivity contribution in [2.24, 2.45) is 0 Å². The lowest BCUT2D eigenvalue weighted by Crippen LogP contribution is -2.13. The van der Waals surface area contributed by atoms with Gasteiger partial charge in [0.25, 0.3) is 5.56 Å². The van der Waals surface area contributed by atoms with E-state index in [4.69, 9.17) is 4.74 Å². The number of thiazole rings is 1. The number of fused-ring (bicyclic) bond motifs is 1. The first-order chi connectivity index (χ1) is 14.2. The Morgan fingerprint density at radius 1 is 1.31 bits per heavy atom. The number of allylic oxidation sites excluding steroid dienone is 1. The van der Waals surface area contributed by atoms with Crippen LogP contribution in [0.4, 0.5) is 0 Å². The lowest BCUT2D eigenvalue weighted by Gasteiger charge is -2.15. The minimum atomic E-state index is -0.274. The highest BCUT2D eigenvalue weighted by atomic mass is 32.2. The second-order valence-corrected chi connectivity index (χ2v) is 8.06. The standard InChI is InChI=1S/C20H19N5O2S2/c1-3-9-25-18(14(2)27-16-7-5-4-6-8-16)22-23-20(25)29-13-15-12-17(26)24-10-11-28-19(24)21-15/h3-8,10-12,14H,1,9,13H2,2H3. The summed E-state index contributed by atoms with van der Waals surface area (Å²) < 4.78 is 9.51. The maximum Gasteiger partial charge on any atom is 0.258 e. The molecule has 4 rings (SSSR count). The number of rotatable bonds is 8. The van der Waals surface area contributed by atoms with Crippen molar-refractivity contribution in [1.82, 2.24) is 24.1 Å². The van der Waals surface area contributed by atoms with Crippen LogP contribution in [0.2, 0.25) is 0 Å². The highest BCUT2D eigenvalue weighted by molar-refractivity contribution is 7.98. The van der Waals surface area contributed by atoms with Crippen molar-refractivity contribution in [3.8, 4) is 5.75 Å². The number of hydrogen-bond donors (Lipinski definition) is 0. The number of thioether (sulfide) groups is 1. The highest BCUT2D eigenvalue weighted by Gasteiger charge is 2.19. The van der Waals surface area contributed by atoms with Gasteiger partial charge in [-0.15, -0.1) is 28.1 Å². The molecule has 3 aromatic heterocycles. The molecule has 0 spiro atoms. The molecule has 0 fully saturated rings. The van der Waals surface area contributed by atoms with E-state index in [2.05, 4.69) is 21.8 Å². The van der Waals surface area contributed by atoms with Gasteiger partial charge in [0, 0.05) is 29.9 Å². The summed E-state index contributed by atoms with van der Waals surface area (Å²) in [5, 5.41) is 11.2. The third-order valence-corrected chi connectivity index (χ3v) is 5.94. The summed E-state index contributed by atoms with van der Waals surface area (Å²) in [6.45, 7) is 6.34. The first-order valence-corrected chi connectivity index (χ1v) is 10.9. The van der Waals surface area contributed by atoms with Gasteiger partial charge in [0.2, 0.25) is 0 Å². The predicted octanol–water partition coefficient (Wildman–Crippen LogP) is 3.97. The van der Waals surface area contributed by atoms with Gasteiger partial charge in [-0.3, -0.25) is 13.8 Å². The monoisotopic (exact) mass is 425 g/mol. The van der Waals surface area contributed by atoms with Crippen LogP contribution >= 0.6 is 23.1 Å². The van der Waals surface area contributed by atoms with Crippen LogP contribution in [-0.2, 0) is 12.3 Å². The number of ether oxygens (including phenoxy) is 1. The van der Waals surface area contributed by atoms with Crippen LogP contribution in [0.3, 0.4) is 0 Å². The average Bonchev–Trinajstić information content (AvgIpc) is 3.35. The Kier molecular flexibility index (Phi) is 5.77. The fourth-order valence-corrected chi connectivity index (χ4v) is 4.45. The molecule has 0 radical (unpaired) electrons. The second-order valence-electron chi connectivity index (χ2n) is 6.24. The predicted molar refractivity (Wildman–Crippen MR) is 115 cm³/mol. The van der Waals surface area contributed by atoms with Crippen molar-refractivity contribution >= 4 is 28.1 Å². The Balaban J connectivity index is 1.54. The van der Waals surface area contributed by atoms with E-state index in [1.165, 1.54) is 23.1 Å². The summed E-state index contributed by atoms with van der Waals surface area (Å²) in [6, 6.07) is 11.2. The van der Waals surface area contributed by atoms with Gasteiger partial charge in [0.1, 0.15) is 5.75 Å².